The number of nitrogens with zero attached hydrogens (tertiary/aromatic N) is 1. The molecule has 1 aliphatic rings. The molecule has 2 atom stereocenters. The number of nitrogens with one attached hydrogen (secondary N) is 1. The van der Waals surface area contributed by atoms with Crippen molar-refractivity contribution in [1.29, 1.82) is 0 Å². The zero-order chi connectivity index (χ0) is 13.8. The third kappa shape index (κ3) is 3.13. The monoisotopic (exact) mass is 264 g/mol. The van der Waals surface area contributed by atoms with Gasteiger partial charge < -0.3 is 10.2 Å². The van der Waals surface area contributed by atoms with Gasteiger partial charge in [-0.15, -0.1) is 0 Å². The normalized spacial score (nSPS) is 23.1. The van der Waals surface area contributed by atoms with Gasteiger partial charge in [-0.2, -0.15) is 0 Å². The molecule has 1 N–H and O–H groups in total. The van der Waals surface area contributed by atoms with Crippen LogP contribution >= 0.6 is 0 Å². The Bertz CT molecular complexity index is 442. The summed E-state index contributed by atoms with van der Waals surface area (Å²) in [7, 11) is 0. The first-order valence-electron chi connectivity index (χ1n) is 6.92. The van der Waals surface area contributed by atoms with Crippen molar-refractivity contribution in [3.63, 3.8) is 0 Å². The minimum atomic E-state index is -0.338. The molecular weight excluding hydrogens is 243 g/mol. The maximum absolute atomic E-state index is 13.8. The molecule has 2 rings (SSSR count). The quantitative estimate of drug-likeness (QED) is 0.910. The molecule has 1 aromatic rings. The van der Waals surface area contributed by atoms with E-state index in [2.05, 4.69) is 12.2 Å². The van der Waals surface area contributed by atoms with E-state index >= 15 is 0 Å². The summed E-state index contributed by atoms with van der Waals surface area (Å²) in [6.07, 6.45) is 1.86. The van der Waals surface area contributed by atoms with Gasteiger partial charge in [0.1, 0.15) is 5.82 Å². The molecule has 0 radical (unpaired) electrons. The molecule has 3 nitrogen and oxygen atoms in total. The highest BCUT2D eigenvalue weighted by atomic mass is 19.1. The molecule has 104 valence electrons. The summed E-state index contributed by atoms with van der Waals surface area (Å²) in [6, 6.07) is 6.92. The van der Waals surface area contributed by atoms with Gasteiger partial charge >= 0.3 is 0 Å². The van der Waals surface area contributed by atoms with E-state index < -0.39 is 0 Å². The molecule has 0 bridgehead atoms. The fraction of sp³-hybridized carbons (Fsp3) is 0.533. The van der Waals surface area contributed by atoms with Crippen LogP contribution in [0, 0.1) is 11.7 Å². The van der Waals surface area contributed by atoms with Gasteiger partial charge in [0.15, 0.2) is 0 Å². The van der Waals surface area contributed by atoms with Crippen LogP contribution < -0.4 is 10.2 Å². The molecule has 0 saturated carbocycles. The van der Waals surface area contributed by atoms with Crippen LogP contribution in [0.1, 0.15) is 26.7 Å². The molecule has 1 aromatic carbocycles. The fourth-order valence-electron chi connectivity index (χ4n) is 2.55. The molecule has 1 fully saturated rings. The van der Waals surface area contributed by atoms with Crippen LogP contribution in [0.2, 0.25) is 0 Å². The topological polar surface area (TPSA) is 32.3 Å². The van der Waals surface area contributed by atoms with Gasteiger partial charge in [-0.1, -0.05) is 12.1 Å². The highest BCUT2D eigenvalue weighted by Gasteiger charge is 2.28. The van der Waals surface area contributed by atoms with Crippen LogP contribution in [0.4, 0.5) is 10.1 Å². The Morgan fingerprint density at radius 1 is 1.42 bits per heavy atom. The third-order valence-electron chi connectivity index (χ3n) is 3.74. The number of para-hydroxylation sites is 1. The lowest BCUT2D eigenvalue weighted by Crippen LogP contribution is -2.46. The second kappa shape index (κ2) is 6.15. The van der Waals surface area contributed by atoms with Crippen molar-refractivity contribution in [3.05, 3.63) is 30.1 Å². The number of carbonyl (C=O) groups excluding carboxylic acids is 1. The van der Waals surface area contributed by atoms with Gasteiger partial charge in [0.2, 0.25) is 5.91 Å². The maximum atomic E-state index is 13.8. The van der Waals surface area contributed by atoms with E-state index in [0.717, 1.165) is 12.8 Å². The Labute approximate surface area is 113 Å². The van der Waals surface area contributed by atoms with Gasteiger partial charge in [0.25, 0.3) is 0 Å². The number of hydrogen-bond acceptors (Lipinski definition) is 2. The van der Waals surface area contributed by atoms with Crippen LogP contribution in [-0.2, 0) is 4.79 Å². The van der Waals surface area contributed by atoms with Gasteiger partial charge in [-0.05, 0) is 38.8 Å². The number of halogens is 1. The Morgan fingerprint density at radius 3 is 2.74 bits per heavy atom. The molecule has 19 heavy (non-hydrogen) atoms. The van der Waals surface area contributed by atoms with E-state index in [0.29, 0.717) is 24.8 Å². The summed E-state index contributed by atoms with van der Waals surface area (Å²) in [4.78, 5) is 14.1. The second-order valence-electron chi connectivity index (χ2n) is 5.12. The van der Waals surface area contributed by atoms with Crippen LogP contribution in [-0.4, -0.2) is 25.0 Å². The Morgan fingerprint density at radius 2 is 2.16 bits per heavy atom. The highest BCUT2D eigenvalue weighted by molar-refractivity contribution is 5.95. The fourth-order valence-corrected chi connectivity index (χ4v) is 2.55. The molecule has 0 aromatic heterocycles. The third-order valence-corrected chi connectivity index (χ3v) is 3.74. The van der Waals surface area contributed by atoms with E-state index in [1.165, 1.54) is 6.07 Å². The second-order valence-corrected chi connectivity index (χ2v) is 5.12. The zero-order valence-electron chi connectivity index (χ0n) is 11.5. The lowest BCUT2D eigenvalue weighted by molar-refractivity contribution is -0.123. The summed E-state index contributed by atoms with van der Waals surface area (Å²) in [5.41, 5.74) is 0.383. The van der Waals surface area contributed by atoms with Crippen molar-refractivity contribution in [2.24, 2.45) is 5.92 Å². The van der Waals surface area contributed by atoms with Gasteiger partial charge in [0.05, 0.1) is 11.6 Å². The Balaban J connectivity index is 2.14. The van der Waals surface area contributed by atoms with Crippen molar-refractivity contribution in [2.75, 3.05) is 18.0 Å². The molecule has 1 amide bonds. The Hall–Kier alpha value is -1.42. The minimum absolute atomic E-state index is 0.0204. The first-order valence-corrected chi connectivity index (χ1v) is 6.92. The predicted octanol–water partition coefficient (Wildman–Crippen LogP) is 2.57. The predicted molar refractivity (Wildman–Crippen MR) is 74.6 cm³/mol. The van der Waals surface area contributed by atoms with Crippen LogP contribution in [0.25, 0.3) is 0 Å². The SMILES string of the molecule is CCN(C(=O)C1CCC(C)NC1)c1ccccc1F. The standard InChI is InChI=1S/C15H21FN2O/c1-3-18(14-7-5-4-6-13(14)16)15(19)12-9-8-11(2)17-10-12/h4-7,11-12,17H,3,8-10H2,1-2H3. The van der Waals surface area contributed by atoms with Crippen LogP contribution in [0.3, 0.4) is 0 Å². The van der Waals surface area contributed by atoms with Crippen molar-refractivity contribution in [3.8, 4) is 0 Å². The smallest absolute Gasteiger partial charge is 0.231 e. The molecule has 1 saturated heterocycles. The lowest BCUT2D eigenvalue weighted by atomic mass is 9.94. The molecule has 4 heteroatoms. The number of amides is 1. The van der Waals surface area contributed by atoms with Crippen molar-refractivity contribution < 1.29 is 9.18 Å². The number of piperidine rings is 1. The Kier molecular flexibility index (Phi) is 4.53. The van der Waals surface area contributed by atoms with Crippen molar-refractivity contribution in [2.45, 2.75) is 32.7 Å². The highest BCUT2D eigenvalue weighted by Crippen LogP contribution is 2.23. The summed E-state index contributed by atoms with van der Waals surface area (Å²) in [6.45, 7) is 5.18. The molecule has 2 unspecified atom stereocenters. The zero-order valence-corrected chi connectivity index (χ0v) is 11.5. The van der Waals surface area contributed by atoms with Gasteiger partial charge in [0, 0.05) is 19.1 Å². The number of anilines is 1. The average molecular weight is 264 g/mol. The molecule has 1 aliphatic heterocycles. The number of carbonyl (C=O) groups is 1. The summed E-state index contributed by atoms with van der Waals surface area (Å²) < 4.78 is 13.8. The summed E-state index contributed by atoms with van der Waals surface area (Å²) in [5, 5.41) is 3.32. The van der Waals surface area contributed by atoms with Gasteiger partial charge in [-0.3, -0.25) is 4.79 Å². The summed E-state index contributed by atoms with van der Waals surface area (Å²) in [5.74, 6) is -0.363. The number of hydrogen-bond donors (Lipinski definition) is 1. The summed E-state index contributed by atoms with van der Waals surface area (Å²) >= 11 is 0. The molecule has 0 spiro atoms. The molecule has 1 heterocycles. The first kappa shape index (κ1) is 14.0. The van der Waals surface area contributed by atoms with Crippen LogP contribution in [0.15, 0.2) is 24.3 Å². The first-order chi connectivity index (χ1) is 9.13. The van der Waals surface area contributed by atoms with Crippen molar-refractivity contribution in [1.82, 2.24) is 5.32 Å². The van der Waals surface area contributed by atoms with Crippen molar-refractivity contribution >= 4 is 11.6 Å². The largest absolute Gasteiger partial charge is 0.313 e. The minimum Gasteiger partial charge on any atom is -0.313 e. The van der Waals surface area contributed by atoms with E-state index in [-0.39, 0.29) is 17.6 Å². The number of benzene rings is 1. The van der Waals surface area contributed by atoms with E-state index in [4.69, 9.17) is 0 Å². The molecular formula is C15H21FN2O. The van der Waals surface area contributed by atoms with Crippen LogP contribution in [0.5, 0.6) is 0 Å². The van der Waals surface area contributed by atoms with E-state index in [9.17, 15) is 9.18 Å². The molecule has 0 aliphatic carbocycles. The maximum Gasteiger partial charge on any atom is 0.231 e. The van der Waals surface area contributed by atoms with E-state index in [1.807, 2.05) is 6.92 Å². The number of rotatable bonds is 3. The average Bonchev–Trinajstić information content (AvgIpc) is 2.42. The lowest BCUT2D eigenvalue weighted by Gasteiger charge is -2.31. The van der Waals surface area contributed by atoms with Gasteiger partial charge in [-0.25, -0.2) is 4.39 Å². The van der Waals surface area contributed by atoms with E-state index in [1.54, 1.807) is 23.1 Å².